The second kappa shape index (κ2) is 7.56. The predicted octanol–water partition coefficient (Wildman–Crippen LogP) is 5.46. The van der Waals surface area contributed by atoms with E-state index in [0.717, 1.165) is 15.1 Å². The van der Waals surface area contributed by atoms with Gasteiger partial charge in [0.1, 0.15) is 10.8 Å². The molecule has 0 saturated heterocycles. The monoisotopic (exact) mass is 466 g/mol. The summed E-state index contributed by atoms with van der Waals surface area (Å²) in [5.41, 5.74) is 2.04. The van der Waals surface area contributed by atoms with Gasteiger partial charge in [0.25, 0.3) is 5.91 Å². The molecule has 5 nitrogen and oxygen atoms in total. The van der Waals surface area contributed by atoms with Gasteiger partial charge >= 0.3 is 6.18 Å². The molecule has 10 heteroatoms. The zero-order valence-corrected chi connectivity index (χ0v) is 17.8. The Hall–Kier alpha value is -2.52. The Labute approximate surface area is 185 Å². The van der Waals surface area contributed by atoms with Crippen LogP contribution in [-0.4, -0.2) is 33.3 Å². The zero-order valence-electron chi connectivity index (χ0n) is 16.2. The molecule has 2 aliphatic rings. The van der Waals surface area contributed by atoms with Crippen LogP contribution in [0.3, 0.4) is 0 Å². The first-order valence-corrected chi connectivity index (χ1v) is 11.1. The number of hydrogen-bond donors (Lipinski definition) is 1. The molecule has 0 aliphatic carbocycles. The molecule has 31 heavy (non-hydrogen) atoms. The normalized spacial score (nSPS) is 20.7. The Morgan fingerprint density at radius 3 is 2.68 bits per heavy atom. The van der Waals surface area contributed by atoms with E-state index in [1.807, 2.05) is 29.6 Å². The Kier molecular flexibility index (Phi) is 4.97. The summed E-state index contributed by atoms with van der Waals surface area (Å²) in [5, 5.41) is 8.88. The quantitative estimate of drug-likeness (QED) is 0.546. The number of anilines is 1. The molecule has 0 saturated carbocycles. The standard InChI is InChI=1S/C21H18ClF3N4OS/c22-17-18(20(30)28-8-7-12-4-1-2-5-13(12)11-28)27-29-16(21(23,24)25)10-14(26-19(17)29)15-6-3-9-31-15/h1-6,9,14,16,26H,7-8,10-11H2/t14-,16+/m1/s1. The summed E-state index contributed by atoms with van der Waals surface area (Å²) in [6.45, 7) is 0.837. The second-order valence-electron chi connectivity index (χ2n) is 7.71. The Bertz CT molecular complexity index is 1130. The number of aromatic nitrogens is 2. The number of amides is 1. The average Bonchev–Trinajstić information content (AvgIpc) is 3.40. The molecule has 162 valence electrons. The number of rotatable bonds is 2. The van der Waals surface area contributed by atoms with Crippen molar-refractivity contribution in [1.82, 2.24) is 14.7 Å². The minimum Gasteiger partial charge on any atom is -0.361 e. The SMILES string of the molecule is O=C(c1nn2c(c1Cl)N[C@@H](c1cccs1)C[C@H]2C(F)(F)F)N1CCc2ccccc2C1. The van der Waals surface area contributed by atoms with Crippen LogP contribution in [0.4, 0.5) is 19.0 Å². The first-order valence-electron chi connectivity index (χ1n) is 9.83. The molecule has 3 aromatic rings. The molecule has 1 aromatic carbocycles. The van der Waals surface area contributed by atoms with E-state index in [9.17, 15) is 18.0 Å². The number of alkyl halides is 3. The lowest BCUT2D eigenvalue weighted by Gasteiger charge is -2.32. The second-order valence-corrected chi connectivity index (χ2v) is 9.06. The van der Waals surface area contributed by atoms with Crippen LogP contribution in [0.25, 0.3) is 0 Å². The molecule has 4 heterocycles. The molecule has 5 rings (SSSR count). The van der Waals surface area contributed by atoms with Crippen LogP contribution in [-0.2, 0) is 13.0 Å². The fourth-order valence-electron chi connectivity index (χ4n) is 4.22. The molecule has 0 bridgehead atoms. The number of benzene rings is 1. The summed E-state index contributed by atoms with van der Waals surface area (Å²) in [4.78, 5) is 15.5. The van der Waals surface area contributed by atoms with Gasteiger partial charge in [0.15, 0.2) is 11.7 Å². The van der Waals surface area contributed by atoms with Gasteiger partial charge in [-0.3, -0.25) is 4.79 Å². The maximum Gasteiger partial charge on any atom is 0.410 e. The summed E-state index contributed by atoms with van der Waals surface area (Å²) in [7, 11) is 0. The number of carbonyl (C=O) groups is 1. The highest BCUT2D eigenvalue weighted by atomic mass is 35.5. The first-order chi connectivity index (χ1) is 14.8. The lowest BCUT2D eigenvalue weighted by atomic mass is 10.00. The lowest BCUT2D eigenvalue weighted by Crippen LogP contribution is -2.37. The largest absolute Gasteiger partial charge is 0.410 e. The first kappa shape index (κ1) is 20.4. The van der Waals surface area contributed by atoms with Crippen LogP contribution in [0.5, 0.6) is 0 Å². The van der Waals surface area contributed by atoms with Crippen LogP contribution >= 0.6 is 22.9 Å². The third-order valence-electron chi connectivity index (χ3n) is 5.80. The van der Waals surface area contributed by atoms with Crippen LogP contribution in [0.1, 0.15) is 45.0 Å². The number of nitrogens with one attached hydrogen (secondary N) is 1. The summed E-state index contributed by atoms with van der Waals surface area (Å²) >= 11 is 7.82. The summed E-state index contributed by atoms with van der Waals surface area (Å²) < 4.78 is 42.5. The van der Waals surface area contributed by atoms with Crippen LogP contribution in [0.15, 0.2) is 41.8 Å². The van der Waals surface area contributed by atoms with Crippen molar-refractivity contribution in [2.75, 3.05) is 11.9 Å². The number of carbonyl (C=O) groups excluding carboxylic acids is 1. The van der Waals surface area contributed by atoms with Crippen molar-refractivity contribution in [3.05, 3.63) is 68.5 Å². The molecule has 1 amide bonds. The van der Waals surface area contributed by atoms with Gasteiger partial charge in [-0.2, -0.15) is 18.3 Å². The van der Waals surface area contributed by atoms with Gasteiger partial charge in [0.05, 0.1) is 6.04 Å². The van der Waals surface area contributed by atoms with Crippen molar-refractivity contribution in [3.8, 4) is 0 Å². The smallest absolute Gasteiger partial charge is 0.361 e. The maximum absolute atomic E-state index is 13.9. The molecule has 2 atom stereocenters. The van der Waals surface area contributed by atoms with Gasteiger partial charge in [-0.1, -0.05) is 41.9 Å². The summed E-state index contributed by atoms with van der Waals surface area (Å²) in [6, 6.07) is 8.97. The van der Waals surface area contributed by atoms with Gasteiger partial charge < -0.3 is 10.2 Å². The predicted molar refractivity (Wildman–Crippen MR) is 113 cm³/mol. The van der Waals surface area contributed by atoms with E-state index in [4.69, 9.17) is 11.6 Å². The van der Waals surface area contributed by atoms with Gasteiger partial charge in [0.2, 0.25) is 0 Å². The molecule has 0 spiro atoms. The maximum atomic E-state index is 13.9. The third kappa shape index (κ3) is 3.59. The minimum atomic E-state index is -4.52. The Morgan fingerprint density at radius 1 is 1.19 bits per heavy atom. The van der Waals surface area contributed by atoms with E-state index in [1.54, 1.807) is 17.0 Å². The number of fused-ring (bicyclic) bond motifs is 2. The van der Waals surface area contributed by atoms with Crippen molar-refractivity contribution in [1.29, 1.82) is 0 Å². The molecule has 0 radical (unpaired) electrons. The van der Waals surface area contributed by atoms with Crippen LogP contribution in [0, 0.1) is 0 Å². The van der Waals surface area contributed by atoms with Crippen LogP contribution < -0.4 is 5.32 Å². The van der Waals surface area contributed by atoms with E-state index < -0.39 is 24.2 Å². The van der Waals surface area contributed by atoms with E-state index in [-0.39, 0.29) is 23.0 Å². The summed E-state index contributed by atoms with van der Waals surface area (Å²) in [6.07, 6.45) is -4.07. The summed E-state index contributed by atoms with van der Waals surface area (Å²) in [5.74, 6) is -0.425. The number of thiophene rings is 1. The van der Waals surface area contributed by atoms with Gasteiger partial charge in [0, 0.05) is 24.4 Å². The van der Waals surface area contributed by atoms with Crippen molar-refractivity contribution >= 4 is 34.7 Å². The van der Waals surface area contributed by atoms with Gasteiger partial charge in [-0.25, -0.2) is 4.68 Å². The minimum absolute atomic E-state index is 0.0365. The zero-order chi connectivity index (χ0) is 21.8. The van der Waals surface area contributed by atoms with Crippen LogP contribution in [0.2, 0.25) is 5.02 Å². The number of halogens is 4. The van der Waals surface area contributed by atoms with Crippen molar-refractivity contribution in [2.24, 2.45) is 0 Å². The average molecular weight is 467 g/mol. The molecule has 1 N–H and O–H groups in total. The van der Waals surface area contributed by atoms with Crippen molar-refractivity contribution in [3.63, 3.8) is 0 Å². The fraction of sp³-hybridized carbons (Fsp3) is 0.333. The van der Waals surface area contributed by atoms with Gasteiger partial charge in [-0.15, -0.1) is 11.3 Å². The molecular formula is C21H18ClF3N4OS. The topological polar surface area (TPSA) is 50.2 Å². The van der Waals surface area contributed by atoms with E-state index in [2.05, 4.69) is 10.4 Å². The highest BCUT2D eigenvalue weighted by molar-refractivity contribution is 7.10. The molecule has 2 aromatic heterocycles. The van der Waals surface area contributed by atoms with E-state index in [0.29, 0.717) is 19.5 Å². The molecule has 0 fully saturated rings. The number of hydrogen-bond acceptors (Lipinski definition) is 4. The molecular weight excluding hydrogens is 449 g/mol. The third-order valence-corrected chi connectivity index (χ3v) is 7.15. The highest BCUT2D eigenvalue weighted by Gasteiger charge is 2.48. The number of nitrogens with zero attached hydrogens (tertiary/aromatic N) is 3. The van der Waals surface area contributed by atoms with E-state index >= 15 is 0 Å². The highest BCUT2D eigenvalue weighted by Crippen LogP contribution is 2.47. The Morgan fingerprint density at radius 2 is 1.97 bits per heavy atom. The van der Waals surface area contributed by atoms with Gasteiger partial charge in [-0.05, 0) is 29.0 Å². The van der Waals surface area contributed by atoms with Crippen molar-refractivity contribution in [2.45, 2.75) is 37.6 Å². The fourth-order valence-corrected chi connectivity index (χ4v) is 5.27. The molecule has 0 unspecified atom stereocenters. The van der Waals surface area contributed by atoms with E-state index in [1.165, 1.54) is 16.9 Å². The van der Waals surface area contributed by atoms with Crippen molar-refractivity contribution < 1.29 is 18.0 Å². The Balaban J connectivity index is 1.49. The molecule has 2 aliphatic heterocycles. The lowest BCUT2D eigenvalue weighted by molar-refractivity contribution is -0.173.